The van der Waals surface area contributed by atoms with Crippen LogP contribution in [0.5, 0.6) is 0 Å². The number of hydrogen-bond donors (Lipinski definition) is 5. The number of alkyl halides is 5. The maximum atomic E-state index is 16.1. The number of pyridine rings is 1. The number of alkyl carbamates (subject to hydrolysis) is 1. The number of piperazine rings is 1. The summed E-state index contributed by atoms with van der Waals surface area (Å²) in [4.78, 5) is 63.5. The van der Waals surface area contributed by atoms with Crippen LogP contribution in [0.25, 0.3) is 11.3 Å². The van der Waals surface area contributed by atoms with Crippen LogP contribution < -0.4 is 26.3 Å². The fraction of sp³-hybridized carbons (Fsp3) is 0.527. The van der Waals surface area contributed by atoms with E-state index in [4.69, 9.17) is 9.72 Å². The molecule has 2 bridgehead atoms. The lowest BCUT2D eigenvalue weighted by Crippen LogP contribution is -2.63. The molecule has 1 saturated carbocycles. The number of methoxy groups -OCH3 is 1. The second kappa shape index (κ2) is 23.9. The van der Waals surface area contributed by atoms with Crippen molar-refractivity contribution in [2.45, 2.75) is 128 Å². The first-order valence-corrected chi connectivity index (χ1v) is 26.0. The quantitative estimate of drug-likeness (QED) is 0.0404. The first-order chi connectivity index (χ1) is 37.3. The van der Waals surface area contributed by atoms with Gasteiger partial charge in [-0.1, -0.05) is 44.7 Å². The summed E-state index contributed by atoms with van der Waals surface area (Å²) < 4.78 is 113. The fourth-order valence-electron chi connectivity index (χ4n) is 10.0. The first kappa shape index (κ1) is 58.3. The number of rotatable bonds is 19. The Bertz CT molecular complexity index is 2860. The molecule has 2 unspecified atom stereocenters. The Morgan fingerprint density at radius 3 is 2.00 bits per heavy atom. The normalized spacial score (nSPS) is 19.4. The van der Waals surface area contributed by atoms with Gasteiger partial charge in [0.05, 0.1) is 49.6 Å². The highest BCUT2D eigenvalue weighted by atomic mass is 19.4. The van der Waals surface area contributed by atoms with Crippen LogP contribution in [0.2, 0.25) is 0 Å². The summed E-state index contributed by atoms with van der Waals surface area (Å²) in [5, 5.41) is 23.9. The van der Waals surface area contributed by atoms with Crippen molar-refractivity contribution in [1.82, 2.24) is 46.0 Å². The first-order valence-electron chi connectivity index (χ1n) is 26.0. The van der Waals surface area contributed by atoms with Gasteiger partial charge in [0.1, 0.15) is 29.5 Å². The lowest BCUT2D eigenvalue weighted by Gasteiger charge is -2.47. The molecule has 2 aromatic heterocycles. The van der Waals surface area contributed by atoms with Crippen LogP contribution in [-0.2, 0) is 36.8 Å². The van der Waals surface area contributed by atoms with Crippen molar-refractivity contribution >= 4 is 29.6 Å². The molecule has 4 fully saturated rings. The smallest absolute Gasteiger partial charge is 0.407 e. The van der Waals surface area contributed by atoms with Crippen LogP contribution in [-0.4, -0.2) is 142 Å². The highest BCUT2D eigenvalue weighted by molar-refractivity contribution is 5.90. The molecule has 4 amide bonds. The summed E-state index contributed by atoms with van der Waals surface area (Å²) in [7, 11) is 0.890. The average molecular weight is 1110 g/mol. The number of benzene rings is 2. The summed E-state index contributed by atoms with van der Waals surface area (Å²) in [5.41, 5.74) is -0.801. The number of carbonyl (C=O) groups is 4. The number of aliphatic hydroxyl groups is 1. The van der Waals surface area contributed by atoms with Crippen LogP contribution in [0.1, 0.15) is 89.1 Å². The fourth-order valence-corrected chi connectivity index (χ4v) is 10.0. The van der Waals surface area contributed by atoms with Gasteiger partial charge in [-0.05, 0) is 99.4 Å². The molecule has 5 N–H and O–H groups in total. The predicted molar refractivity (Wildman–Crippen MR) is 274 cm³/mol. The number of aromatic nitrogens is 3. The van der Waals surface area contributed by atoms with E-state index in [1.54, 1.807) is 51.2 Å². The van der Waals surface area contributed by atoms with Gasteiger partial charge >= 0.3 is 18.8 Å². The third-order valence-electron chi connectivity index (χ3n) is 15.0. The Morgan fingerprint density at radius 2 is 1.47 bits per heavy atom. The maximum Gasteiger partial charge on any atom is 0.407 e. The van der Waals surface area contributed by atoms with Crippen molar-refractivity contribution in [3.05, 3.63) is 101 Å². The van der Waals surface area contributed by atoms with E-state index in [-0.39, 0.29) is 28.3 Å². The molecule has 3 aliphatic heterocycles. The lowest BCUT2D eigenvalue weighted by molar-refractivity contribution is -0.220. The van der Waals surface area contributed by atoms with Crippen molar-refractivity contribution < 1.29 is 64.5 Å². The largest absolute Gasteiger partial charge is 0.453 e. The number of amides is 4. The van der Waals surface area contributed by atoms with Gasteiger partial charge < -0.3 is 35.4 Å². The Labute approximate surface area is 452 Å². The summed E-state index contributed by atoms with van der Waals surface area (Å²) >= 11 is 0. The number of hydrazine groups is 1. The number of carbonyl (C=O) groups excluding carboxylic acids is 4. The van der Waals surface area contributed by atoms with E-state index in [1.807, 2.05) is 17.4 Å². The Morgan fingerprint density at radius 1 is 0.835 bits per heavy atom. The second-order valence-corrected chi connectivity index (χ2v) is 22.3. The number of ether oxygens (including phenoxy) is 2. The van der Waals surface area contributed by atoms with Gasteiger partial charge in [-0.25, -0.2) is 28.3 Å². The van der Waals surface area contributed by atoms with Crippen molar-refractivity contribution in [3.63, 3.8) is 0 Å². The third kappa shape index (κ3) is 14.0. The topological polar surface area (TPSA) is 196 Å². The van der Waals surface area contributed by atoms with Crippen molar-refractivity contribution in [2.75, 3.05) is 44.9 Å². The van der Waals surface area contributed by atoms with Gasteiger partial charge in [-0.15, -0.1) is 0 Å². The molecular formula is C55H65F7N10O7. The van der Waals surface area contributed by atoms with Gasteiger partial charge in [0, 0.05) is 78.8 Å². The molecule has 0 spiro atoms. The minimum absolute atomic E-state index is 0.189. The summed E-state index contributed by atoms with van der Waals surface area (Å²) in [5.74, 6) is 1.62. The maximum absolute atomic E-state index is 16.1. The van der Waals surface area contributed by atoms with Crippen LogP contribution in [0.4, 0.5) is 41.3 Å². The lowest BCUT2D eigenvalue weighted by atomic mass is 9.82. The van der Waals surface area contributed by atoms with E-state index >= 15 is 8.78 Å². The molecule has 426 valence electrons. The highest BCUT2D eigenvalue weighted by Crippen LogP contribution is 2.41. The third-order valence-corrected chi connectivity index (χ3v) is 15.0. The zero-order valence-corrected chi connectivity index (χ0v) is 44.6. The number of nitrogens with zero attached hydrogens (tertiary/aromatic N) is 6. The Kier molecular flexibility index (Phi) is 17.6. The van der Waals surface area contributed by atoms with Gasteiger partial charge in [0.25, 0.3) is 5.91 Å². The van der Waals surface area contributed by atoms with Gasteiger partial charge in [0.15, 0.2) is 0 Å². The van der Waals surface area contributed by atoms with Crippen molar-refractivity contribution in [1.29, 1.82) is 0 Å². The molecule has 3 saturated heterocycles. The zero-order chi connectivity index (χ0) is 57.1. The molecule has 4 aromatic rings. The molecule has 5 heterocycles. The Hall–Kier alpha value is -6.81. The molecule has 2 aromatic carbocycles. The molecule has 6 atom stereocenters. The van der Waals surface area contributed by atoms with Crippen LogP contribution in [0, 0.1) is 40.2 Å². The monoisotopic (exact) mass is 1110 g/mol. The zero-order valence-electron chi connectivity index (χ0n) is 44.6. The van der Waals surface area contributed by atoms with E-state index in [9.17, 15) is 46.2 Å². The number of halogens is 7. The number of hydrogen-bond acceptors (Lipinski definition) is 12. The van der Waals surface area contributed by atoms with E-state index in [2.05, 4.69) is 47.5 Å². The highest BCUT2D eigenvalue weighted by Gasteiger charge is 2.56. The molecule has 1 aliphatic carbocycles. The van der Waals surface area contributed by atoms with E-state index in [0.29, 0.717) is 61.5 Å². The average Bonchev–Trinajstić information content (AvgIpc) is 4.21. The standard InChI is InChI=1S/C55H65F7N10O7/c1-53(2,3)46(65-48(74)34-14-15-34)50(76)68-70(27-39-40(56)22-35(23-41(39)57)42-19-20-71(67-42)51(58)59)28-44(73)43(64-49(75)47(66-52(77)78-6)54(4,5)55(60,61)62)21-32-10-7-31(8-11-32)9-12-33-13-18-45(63-24-33)69-25-36-16-17-37(26-69)72(36)38-29-79-30-38/h7-8,10-11,13,18-20,22-24,34,36-38,43-44,46-47,51,73H,14-17,21,25-30H2,1-6H3,(H,64,75)(H,65,74)(H,66,77)(H,68,76)/t36?,37?,43-,44-,46+,47+/m0/s1. The number of aliphatic hydroxyl groups excluding tert-OH is 1. The van der Waals surface area contributed by atoms with Crippen LogP contribution in [0.15, 0.2) is 67.0 Å². The molecule has 79 heavy (non-hydrogen) atoms. The van der Waals surface area contributed by atoms with Gasteiger partial charge in [-0.3, -0.25) is 24.7 Å². The van der Waals surface area contributed by atoms with Crippen molar-refractivity contribution in [3.8, 4) is 23.1 Å². The SMILES string of the molecule is COC(=O)N[C@H](C(=O)N[C@@H](Cc1ccc(C#Cc2ccc(N3CC4CCC(C3)N4C3COC3)nc2)cc1)[C@@H](O)CN(Cc1c(F)cc(-c2ccn(C(F)F)n2)cc1F)NC(=O)[C@@H](NC(=O)C1CC1)C(C)(C)C)C(C)(C)C(F)(F)F. The van der Waals surface area contributed by atoms with Gasteiger partial charge in [-0.2, -0.15) is 27.1 Å². The van der Waals surface area contributed by atoms with Gasteiger partial charge in [0.2, 0.25) is 11.8 Å². The number of nitrogens with one attached hydrogen (secondary N) is 4. The van der Waals surface area contributed by atoms with Crippen molar-refractivity contribution in [2.24, 2.45) is 16.7 Å². The minimum atomic E-state index is -5.08. The summed E-state index contributed by atoms with van der Waals surface area (Å²) in [6.07, 6.45) is -2.55. The van der Waals surface area contributed by atoms with E-state index in [0.717, 1.165) is 81.5 Å². The van der Waals surface area contributed by atoms with E-state index in [1.165, 1.54) is 0 Å². The minimum Gasteiger partial charge on any atom is -0.453 e. The van der Waals surface area contributed by atoms with Crippen LogP contribution >= 0.6 is 0 Å². The second-order valence-electron chi connectivity index (χ2n) is 22.3. The predicted octanol–water partition coefficient (Wildman–Crippen LogP) is 6.25. The summed E-state index contributed by atoms with van der Waals surface area (Å²) in [6, 6.07) is 9.37. The Balaban J connectivity index is 1.05. The molecular weight excluding hydrogens is 1050 g/mol. The molecule has 24 heteroatoms. The van der Waals surface area contributed by atoms with Crippen LogP contribution in [0.3, 0.4) is 0 Å². The summed E-state index contributed by atoms with van der Waals surface area (Å²) in [6.45, 7) is 5.01. The molecule has 8 rings (SSSR count). The molecule has 4 aliphatic rings. The number of anilines is 1. The number of fused-ring (bicyclic) bond motifs is 2. The van der Waals surface area contributed by atoms with E-state index < -0.39 is 102 Å². The molecule has 17 nitrogen and oxygen atoms in total. The molecule has 0 radical (unpaired) electrons.